The van der Waals surface area contributed by atoms with Gasteiger partial charge in [-0.3, -0.25) is 4.98 Å². The normalized spacial score (nSPS) is 14.7. The summed E-state index contributed by atoms with van der Waals surface area (Å²) in [6, 6.07) is 0.702. The number of rotatable bonds is 7. The number of nitrogens with one attached hydrogen (secondary N) is 1. The Morgan fingerprint density at radius 2 is 2.18 bits per heavy atom. The zero-order valence-electron chi connectivity index (χ0n) is 10.8. The van der Waals surface area contributed by atoms with Gasteiger partial charge in [-0.1, -0.05) is 13.3 Å². The maximum absolute atomic E-state index is 4.63. The molecule has 17 heavy (non-hydrogen) atoms. The molecule has 0 bridgehead atoms. The van der Waals surface area contributed by atoms with E-state index in [1.807, 2.05) is 6.20 Å². The van der Waals surface area contributed by atoms with Crippen molar-refractivity contribution < 1.29 is 0 Å². The van der Waals surface area contributed by atoms with Crippen molar-refractivity contribution in [3.8, 4) is 0 Å². The van der Waals surface area contributed by atoms with Crippen LogP contribution in [0.4, 0.5) is 11.6 Å². The lowest BCUT2D eigenvalue weighted by Crippen LogP contribution is -2.28. The van der Waals surface area contributed by atoms with E-state index in [9.17, 15) is 0 Å². The number of anilines is 2. The molecule has 0 saturated heterocycles. The summed E-state index contributed by atoms with van der Waals surface area (Å²) in [7, 11) is 0. The molecule has 1 fully saturated rings. The molecule has 1 aromatic rings. The van der Waals surface area contributed by atoms with Crippen LogP contribution in [-0.2, 0) is 0 Å². The second kappa shape index (κ2) is 5.84. The first kappa shape index (κ1) is 12.1. The summed E-state index contributed by atoms with van der Waals surface area (Å²) >= 11 is 0. The van der Waals surface area contributed by atoms with Crippen LogP contribution in [0.1, 0.15) is 39.5 Å². The zero-order valence-corrected chi connectivity index (χ0v) is 10.8. The first-order valence-electron chi connectivity index (χ1n) is 6.67. The summed E-state index contributed by atoms with van der Waals surface area (Å²) in [5.41, 5.74) is 0. The molecule has 0 unspecified atom stereocenters. The molecule has 1 aliphatic carbocycles. The van der Waals surface area contributed by atoms with E-state index in [-0.39, 0.29) is 0 Å². The number of nitrogens with zero attached hydrogens (tertiary/aromatic N) is 3. The van der Waals surface area contributed by atoms with Crippen molar-refractivity contribution in [1.82, 2.24) is 9.97 Å². The topological polar surface area (TPSA) is 41.1 Å². The molecule has 2 rings (SSSR count). The van der Waals surface area contributed by atoms with Gasteiger partial charge < -0.3 is 10.2 Å². The van der Waals surface area contributed by atoms with E-state index in [4.69, 9.17) is 0 Å². The molecule has 0 spiro atoms. The van der Waals surface area contributed by atoms with Crippen LogP contribution < -0.4 is 10.2 Å². The van der Waals surface area contributed by atoms with Crippen molar-refractivity contribution >= 4 is 11.6 Å². The van der Waals surface area contributed by atoms with E-state index in [1.165, 1.54) is 25.7 Å². The van der Waals surface area contributed by atoms with Crippen LogP contribution in [0.25, 0.3) is 0 Å². The average molecular weight is 234 g/mol. The quantitative estimate of drug-likeness (QED) is 0.787. The lowest BCUT2D eigenvalue weighted by Gasteiger charge is -2.23. The van der Waals surface area contributed by atoms with Crippen LogP contribution in [0.2, 0.25) is 0 Å². The van der Waals surface area contributed by atoms with Crippen LogP contribution in [0, 0.1) is 0 Å². The van der Waals surface area contributed by atoms with E-state index in [1.54, 1.807) is 6.20 Å². The van der Waals surface area contributed by atoms with Gasteiger partial charge >= 0.3 is 0 Å². The van der Waals surface area contributed by atoms with Gasteiger partial charge in [0.1, 0.15) is 11.6 Å². The highest BCUT2D eigenvalue weighted by Gasteiger charge is 2.29. The summed E-state index contributed by atoms with van der Waals surface area (Å²) in [5, 5.41) is 3.22. The third kappa shape index (κ3) is 3.32. The van der Waals surface area contributed by atoms with Crippen LogP contribution in [0.5, 0.6) is 0 Å². The molecule has 4 heteroatoms. The first-order chi connectivity index (χ1) is 8.35. The minimum absolute atomic E-state index is 0.702. The second-order valence-corrected chi connectivity index (χ2v) is 4.57. The summed E-state index contributed by atoms with van der Waals surface area (Å²) in [6.07, 6.45) is 8.73. The van der Waals surface area contributed by atoms with Crippen LogP contribution in [-0.4, -0.2) is 29.1 Å². The molecular weight excluding hydrogens is 212 g/mol. The Morgan fingerprint density at radius 3 is 2.82 bits per heavy atom. The maximum Gasteiger partial charge on any atom is 0.149 e. The highest BCUT2D eigenvalue weighted by molar-refractivity contribution is 5.45. The highest BCUT2D eigenvalue weighted by Crippen LogP contribution is 2.30. The summed E-state index contributed by atoms with van der Waals surface area (Å²) in [4.78, 5) is 11.3. The van der Waals surface area contributed by atoms with Gasteiger partial charge in [0, 0.05) is 19.1 Å². The lowest BCUT2D eigenvalue weighted by atomic mass is 10.3. The average Bonchev–Trinajstić information content (AvgIpc) is 3.15. The molecular formula is C13H22N4. The molecule has 4 nitrogen and oxygen atoms in total. The number of aromatic nitrogens is 2. The zero-order chi connectivity index (χ0) is 12.1. The second-order valence-electron chi connectivity index (χ2n) is 4.57. The fourth-order valence-electron chi connectivity index (χ4n) is 1.96. The van der Waals surface area contributed by atoms with Crippen molar-refractivity contribution in [2.75, 3.05) is 23.3 Å². The van der Waals surface area contributed by atoms with E-state index in [0.29, 0.717) is 6.04 Å². The summed E-state index contributed by atoms with van der Waals surface area (Å²) in [6.45, 7) is 6.29. The van der Waals surface area contributed by atoms with Crippen LogP contribution in [0.15, 0.2) is 12.4 Å². The van der Waals surface area contributed by atoms with Crippen LogP contribution in [0.3, 0.4) is 0 Å². The minimum atomic E-state index is 0.702. The standard InChI is InChI=1S/C13H22N4/c1-3-5-8-17(11-6-7-11)13-10-14-9-12(16-13)15-4-2/h9-11H,3-8H2,1-2H3,(H,15,16). The minimum Gasteiger partial charge on any atom is -0.369 e. The Bertz CT molecular complexity index is 349. The van der Waals surface area contributed by atoms with Gasteiger partial charge in [-0.25, -0.2) is 4.98 Å². The molecule has 1 aromatic heterocycles. The molecule has 0 aromatic carbocycles. The van der Waals surface area contributed by atoms with Crippen molar-refractivity contribution in [3.63, 3.8) is 0 Å². The molecule has 1 N–H and O–H groups in total. The lowest BCUT2D eigenvalue weighted by molar-refractivity contribution is 0.703. The van der Waals surface area contributed by atoms with Crippen molar-refractivity contribution in [1.29, 1.82) is 0 Å². The number of hydrogen-bond acceptors (Lipinski definition) is 4. The van der Waals surface area contributed by atoms with Crippen molar-refractivity contribution in [3.05, 3.63) is 12.4 Å². The largest absolute Gasteiger partial charge is 0.369 e. The van der Waals surface area contributed by atoms with Gasteiger partial charge in [-0.15, -0.1) is 0 Å². The number of unbranched alkanes of at least 4 members (excludes halogenated alkanes) is 1. The first-order valence-corrected chi connectivity index (χ1v) is 6.67. The molecule has 1 aliphatic rings. The number of hydrogen-bond donors (Lipinski definition) is 1. The SMILES string of the molecule is CCCCN(c1cncc(NCC)n1)C1CC1. The Hall–Kier alpha value is -1.32. The van der Waals surface area contributed by atoms with Gasteiger partial charge in [0.25, 0.3) is 0 Å². The van der Waals surface area contributed by atoms with Crippen molar-refractivity contribution in [2.45, 2.75) is 45.6 Å². The third-order valence-corrected chi connectivity index (χ3v) is 3.01. The highest BCUT2D eigenvalue weighted by atomic mass is 15.2. The Kier molecular flexibility index (Phi) is 4.18. The van der Waals surface area contributed by atoms with E-state index in [0.717, 1.165) is 24.7 Å². The molecule has 0 amide bonds. The van der Waals surface area contributed by atoms with Gasteiger partial charge in [0.2, 0.25) is 0 Å². The van der Waals surface area contributed by atoms with E-state index in [2.05, 4.69) is 34.0 Å². The fourth-order valence-corrected chi connectivity index (χ4v) is 1.96. The molecule has 0 atom stereocenters. The summed E-state index contributed by atoms with van der Waals surface area (Å²) in [5.74, 6) is 1.91. The summed E-state index contributed by atoms with van der Waals surface area (Å²) < 4.78 is 0. The van der Waals surface area contributed by atoms with Gasteiger partial charge in [-0.2, -0.15) is 0 Å². The van der Waals surface area contributed by atoms with Gasteiger partial charge in [0.05, 0.1) is 12.4 Å². The maximum atomic E-state index is 4.63. The van der Waals surface area contributed by atoms with E-state index >= 15 is 0 Å². The third-order valence-electron chi connectivity index (χ3n) is 3.01. The van der Waals surface area contributed by atoms with Gasteiger partial charge in [0.15, 0.2) is 0 Å². The van der Waals surface area contributed by atoms with E-state index < -0.39 is 0 Å². The van der Waals surface area contributed by atoms with Crippen molar-refractivity contribution in [2.24, 2.45) is 0 Å². The molecule has 0 radical (unpaired) electrons. The molecule has 1 heterocycles. The van der Waals surface area contributed by atoms with Gasteiger partial charge in [-0.05, 0) is 26.2 Å². The molecule has 0 aliphatic heterocycles. The predicted molar refractivity (Wildman–Crippen MR) is 71.5 cm³/mol. The van der Waals surface area contributed by atoms with Crippen LogP contribution >= 0.6 is 0 Å². The monoisotopic (exact) mass is 234 g/mol. The predicted octanol–water partition coefficient (Wildman–Crippen LogP) is 2.68. The molecule has 1 saturated carbocycles. The Labute approximate surface area is 103 Å². The fraction of sp³-hybridized carbons (Fsp3) is 0.692. The smallest absolute Gasteiger partial charge is 0.149 e. The Balaban J connectivity index is 2.08. The molecule has 94 valence electrons. The Morgan fingerprint density at radius 1 is 1.35 bits per heavy atom.